The van der Waals surface area contributed by atoms with Crippen LogP contribution >= 0.6 is 0 Å². The number of carboxylic acids is 1. The highest BCUT2D eigenvalue weighted by Gasteiger charge is 2.20. The third kappa shape index (κ3) is 2.85. The SMILES string of the molecule is CCCOc1cccc(-c2occ(CC)c2C(=O)O)c1. The van der Waals surface area contributed by atoms with Gasteiger partial charge in [-0.1, -0.05) is 26.0 Å². The fraction of sp³-hybridized carbons (Fsp3) is 0.312. The lowest BCUT2D eigenvalue weighted by Crippen LogP contribution is -2.00. The first-order chi connectivity index (χ1) is 9.67. The topological polar surface area (TPSA) is 59.7 Å². The summed E-state index contributed by atoms with van der Waals surface area (Å²) < 4.78 is 11.0. The average Bonchev–Trinajstić information content (AvgIpc) is 2.89. The van der Waals surface area contributed by atoms with E-state index in [9.17, 15) is 9.90 Å². The number of rotatable bonds is 6. The molecule has 0 saturated carbocycles. The van der Waals surface area contributed by atoms with Crippen LogP contribution in [0.15, 0.2) is 34.9 Å². The number of ether oxygens (including phenoxy) is 1. The second kappa shape index (κ2) is 6.28. The molecule has 106 valence electrons. The van der Waals surface area contributed by atoms with Gasteiger partial charge in [-0.05, 0) is 25.0 Å². The van der Waals surface area contributed by atoms with E-state index < -0.39 is 5.97 Å². The number of aromatic carboxylic acids is 1. The predicted molar refractivity (Wildman–Crippen MR) is 76.3 cm³/mol. The van der Waals surface area contributed by atoms with Crippen LogP contribution in [0.3, 0.4) is 0 Å². The third-order valence-corrected chi connectivity index (χ3v) is 3.03. The smallest absolute Gasteiger partial charge is 0.339 e. The second-order valence-electron chi connectivity index (χ2n) is 4.50. The highest BCUT2D eigenvalue weighted by Crippen LogP contribution is 2.31. The van der Waals surface area contributed by atoms with E-state index in [0.717, 1.165) is 17.7 Å². The number of benzene rings is 1. The second-order valence-corrected chi connectivity index (χ2v) is 4.50. The number of hydrogen-bond donors (Lipinski definition) is 1. The zero-order valence-electron chi connectivity index (χ0n) is 11.7. The quantitative estimate of drug-likeness (QED) is 0.865. The molecule has 4 nitrogen and oxygen atoms in total. The lowest BCUT2D eigenvalue weighted by molar-refractivity contribution is 0.0696. The molecule has 0 aliphatic carbocycles. The first kappa shape index (κ1) is 14.2. The van der Waals surface area contributed by atoms with E-state index in [2.05, 4.69) is 0 Å². The number of aryl methyl sites for hydroxylation is 1. The minimum Gasteiger partial charge on any atom is -0.494 e. The zero-order chi connectivity index (χ0) is 14.5. The summed E-state index contributed by atoms with van der Waals surface area (Å²) >= 11 is 0. The monoisotopic (exact) mass is 274 g/mol. The van der Waals surface area contributed by atoms with Crippen molar-refractivity contribution in [1.29, 1.82) is 0 Å². The summed E-state index contributed by atoms with van der Waals surface area (Å²) in [7, 11) is 0. The molecule has 0 amide bonds. The molecule has 0 saturated heterocycles. The van der Waals surface area contributed by atoms with E-state index in [1.807, 2.05) is 32.0 Å². The standard InChI is InChI=1S/C16H18O4/c1-3-8-19-13-7-5-6-12(9-13)15-14(16(17)18)11(4-2)10-20-15/h5-7,9-10H,3-4,8H2,1-2H3,(H,17,18). The Morgan fingerprint density at radius 2 is 2.15 bits per heavy atom. The van der Waals surface area contributed by atoms with Crippen LogP contribution < -0.4 is 4.74 Å². The highest BCUT2D eigenvalue weighted by atomic mass is 16.5. The first-order valence-corrected chi connectivity index (χ1v) is 6.74. The molecule has 0 aliphatic heterocycles. The first-order valence-electron chi connectivity index (χ1n) is 6.74. The van der Waals surface area contributed by atoms with Crippen LogP contribution in [0, 0.1) is 0 Å². The van der Waals surface area contributed by atoms with Gasteiger partial charge < -0.3 is 14.3 Å². The van der Waals surface area contributed by atoms with E-state index >= 15 is 0 Å². The number of carboxylic acid groups (broad SMARTS) is 1. The van der Waals surface area contributed by atoms with Crippen LogP contribution in [0.25, 0.3) is 11.3 Å². The maximum Gasteiger partial charge on any atom is 0.339 e. The van der Waals surface area contributed by atoms with Gasteiger partial charge in [-0.2, -0.15) is 0 Å². The van der Waals surface area contributed by atoms with Crippen molar-refractivity contribution in [3.05, 3.63) is 41.7 Å². The molecule has 4 heteroatoms. The van der Waals surface area contributed by atoms with Crippen LogP contribution in [0.4, 0.5) is 0 Å². The normalized spacial score (nSPS) is 10.5. The van der Waals surface area contributed by atoms with E-state index in [1.54, 1.807) is 6.07 Å². The maximum atomic E-state index is 11.4. The summed E-state index contributed by atoms with van der Waals surface area (Å²) in [6.07, 6.45) is 3.06. The van der Waals surface area contributed by atoms with Gasteiger partial charge in [0, 0.05) is 11.1 Å². The van der Waals surface area contributed by atoms with E-state index in [0.29, 0.717) is 24.4 Å². The number of hydrogen-bond acceptors (Lipinski definition) is 3. The molecular formula is C16H18O4. The summed E-state index contributed by atoms with van der Waals surface area (Å²) in [6, 6.07) is 7.31. The summed E-state index contributed by atoms with van der Waals surface area (Å²) in [5.74, 6) is 0.136. The molecule has 20 heavy (non-hydrogen) atoms. The van der Waals surface area contributed by atoms with Crippen molar-refractivity contribution in [3.63, 3.8) is 0 Å². The largest absolute Gasteiger partial charge is 0.494 e. The Morgan fingerprint density at radius 1 is 1.35 bits per heavy atom. The Bertz CT molecular complexity index is 598. The number of carbonyl (C=O) groups is 1. The Morgan fingerprint density at radius 3 is 2.80 bits per heavy atom. The van der Waals surface area contributed by atoms with Crippen molar-refractivity contribution in [2.24, 2.45) is 0 Å². The van der Waals surface area contributed by atoms with E-state index in [1.165, 1.54) is 6.26 Å². The van der Waals surface area contributed by atoms with Crippen molar-refractivity contribution in [3.8, 4) is 17.1 Å². The van der Waals surface area contributed by atoms with Crippen molar-refractivity contribution in [2.75, 3.05) is 6.61 Å². The van der Waals surface area contributed by atoms with E-state index in [4.69, 9.17) is 9.15 Å². The molecule has 0 fully saturated rings. The molecule has 1 heterocycles. The van der Waals surface area contributed by atoms with Crippen molar-refractivity contribution in [2.45, 2.75) is 26.7 Å². The average molecular weight is 274 g/mol. The fourth-order valence-electron chi connectivity index (χ4n) is 2.05. The van der Waals surface area contributed by atoms with Gasteiger partial charge in [-0.25, -0.2) is 4.79 Å². The van der Waals surface area contributed by atoms with Gasteiger partial charge in [0.2, 0.25) is 0 Å². The maximum absolute atomic E-state index is 11.4. The summed E-state index contributed by atoms with van der Waals surface area (Å²) in [4.78, 5) is 11.4. The van der Waals surface area contributed by atoms with Crippen LogP contribution in [0.5, 0.6) is 5.75 Å². The Balaban J connectivity index is 2.41. The summed E-state index contributed by atoms with van der Waals surface area (Å²) in [5.41, 5.74) is 1.66. The molecule has 2 rings (SSSR count). The van der Waals surface area contributed by atoms with Crippen LogP contribution in [0.1, 0.15) is 36.2 Å². The molecule has 2 aromatic rings. The molecular weight excluding hydrogens is 256 g/mol. The predicted octanol–water partition coefficient (Wildman–Crippen LogP) is 4.00. The van der Waals surface area contributed by atoms with Gasteiger partial charge in [0.1, 0.15) is 17.1 Å². The van der Waals surface area contributed by atoms with Crippen molar-refractivity contribution >= 4 is 5.97 Å². The van der Waals surface area contributed by atoms with Gasteiger partial charge in [0.25, 0.3) is 0 Å². The lowest BCUT2D eigenvalue weighted by atomic mass is 10.0. The lowest BCUT2D eigenvalue weighted by Gasteiger charge is -2.06. The van der Waals surface area contributed by atoms with Gasteiger partial charge >= 0.3 is 5.97 Å². The minimum absolute atomic E-state index is 0.236. The Labute approximate surface area is 118 Å². The van der Waals surface area contributed by atoms with Crippen molar-refractivity contribution < 1.29 is 19.1 Å². The molecule has 0 radical (unpaired) electrons. The van der Waals surface area contributed by atoms with Gasteiger partial charge in [0.05, 0.1) is 12.9 Å². The summed E-state index contributed by atoms with van der Waals surface area (Å²) in [5, 5.41) is 9.35. The molecule has 1 aromatic heterocycles. The Hall–Kier alpha value is -2.23. The molecule has 1 aromatic carbocycles. The highest BCUT2D eigenvalue weighted by molar-refractivity contribution is 5.96. The van der Waals surface area contributed by atoms with E-state index in [-0.39, 0.29) is 5.56 Å². The fourth-order valence-corrected chi connectivity index (χ4v) is 2.05. The van der Waals surface area contributed by atoms with Crippen LogP contribution in [-0.4, -0.2) is 17.7 Å². The van der Waals surface area contributed by atoms with Crippen LogP contribution in [0.2, 0.25) is 0 Å². The molecule has 0 atom stereocenters. The third-order valence-electron chi connectivity index (χ3n) is 3.03. The van der Waals surface area contributed by atoms with Crippen LogP contribution in [-0.2, 0) is 6.42 Å². The van der Waals surface area contributed by atoms with Gasteiger partial charge in [-0.15, -0.1) is 0 Å². The molecule has 0 spiro atoms. The van der Waals surface area contributed by atoms with Gasteiger partial charge in [-0.3, -0.25) is 0 Å². The van der Waals surface area contributed by atoms with Gasteiger partial charge in [0.15, 0.2) is 0 Å². The molecule has 0 bridgehead atoms. The molecule has 0 unspecified atom stereocenters. The minimum atomic E-state index is -0.967. The Kier molecular flexibility index (Phi) is 4.45. The summed E-state index contributed by atoms with van der Waals surface area (Å²) in [6.45, 7) is 4.57. The molecule has 1 N–H and O–H groups in total. The molecule has 0 aliphatic rings. The van der Waals surface area contributed by atoms with Crippen molar-refractivity contribution in [1.82, 2.24) is 0 Å². The zero-order valence-corrected chi connectivity index (χ0v) is 11.7. The number of furan rings is 1.